The number of hydrogen-bond acceptors (Lipinski definition) is 4. The number of anilines is 1. The summed E-state index contributed by atoms with van der Waals surface area (Å²) < 4.78 is 5.43. The maximum Gasteiger partial charge on any atom is 0.260 e. The molecular weight excluding hydrogens is 328 g/mol. The molecule has 1 aliphatic rings. The number of thiophene rings is 1. The van der Waals surface area contributed by atoms with E-state index in [0.717, 1.165) is 24.8 Å². The Kier molecular flexibility index (Phi) is 3.17. The fourth-order valence-electron chi connectivity index (χ4n) is 2.24. The van der Waals surface area contributed by atoms with E-state index in [1.165, 1.54) is 22.5 Å². The van der Waals surface area contributed by atoms with Gasteiger partial charge in [-0.3, -0.25) is 4.79 Å². The maximum atomic E-state index is 12.1. The van der Waals surface area contributed by atoms with Crippen LogP contribution in [0.2, 0.25) is 0 Å². The van der Waals surface area contributed by atoms with Crippen molar-refractivity contribution in [1.29, 1.82) is 5.26 Å². The van der Waals surface area contributed by atoms with Crippen LogP contribution in [0.25, 0.3) is 0 Å². The third-order valence-corrected chi connectivity index (χ3v) is 4.94. The van der Waals surface area contributed by atoms with Crippen molar-refractivity contribution in [3.8, 4) is 6.07 Å². The monoisotopic (exact) mass is 336 g/mol. The van der Waals surface area contributed by atoms with Crippen molar-refractivity contribution in [2.45, 2.75) is 19.3 Å². The van der Waals surface area contributed by atoms with Gasteiger partial charge in [0.2, 0.25) is 0 Å². The quantitative estimate of drug-likeness (QED) is 0.908. The van der Waals surface area contributed by atoms with Gasteiger partial charge in [-0.1, -0.05) is 0 Å². The lowest BCUT2D eigenvalue weighted by atomic mass is 10.1. The van der Waals surface area contributed by atoms with Crippen molar-refractivity contribution in [2.75, 3.05) is 5.32 Å². The summed E-state index contributed by atoms with van der Waals surface area (Å²) in [5.74, 6) is -0.267. The number of halogens is 1. The first kappa shape index (κ1) is 12.5. The molecule has 3 rings (SSSR count). The number of amides is 1. The molecule has 96 valence electrons. The molecule has 19 heavy (non-hydrogen) atoms. The summed E-state index contributed by atoms with van der Waals surface area (Å²) in [5, 5.41) is 12.7. The van der Waals surface area contributed by atoms with Crippen LogP contribution in [0.5, 0.6) is 0 Å². The first-order valence-electron chi connectivity index (χ1n) is 5.79. The molecule has 2 aromatic heterocycles. The van der Waals surface area contributed by atoms with Crippen LogP contribution in [0.15, 0.2) is 21.4 Å². The average molecular weight is 337 g/mol. The fourth-order valence-corrected chi connectivity index (χ4v) is 3.89. The van der Waals surface area contributed by atoms with E-state index in [0.29, 0.717) is 20.8 Å². The standard InChI is InChI=1S/C13H9BrN2O2S/c14-11-8(4-5-18-11)12(17)16-13-9(6-15)7-2-1-3-10(7)19-13/h4-5H,1-3H2,(H,16,17). The highest BCUT2D eigenvalue weighted by molar-refractivity contribution is 9.10. The van der Waals surface area contributed by atoms with Crippen molar-refractivity contribution in [3.05, 3.63) is 38.6 Å². The molecule has 0 atom stereocenters. The zero-order chi connectivity index (χ0) is 13.4. The van der Waals surface area contributed by atoms with Gasteiger partial charge < -0.3 is 9.73 Å². The van der Waals surface area contributed by atoms with Crippen LogP contribution in [-0.4, -0.2) is 5.91 Å². The predicted octanol–water partition coefficient (Wildman–Crippen LogP) is 3.72. The van der Waals surface area contributed by atoms with Crippen LogP contribution in [0.4, 0.5) is 5.00 Å². The Morgan fingerprint density at radius 3 is 3.05 bits per heavy atom. The van der Waals surface area contributed by atoms with Gasteiger partial charge in [-0.05, 0) is 46.8 Å². The number of rotatable bonds is 2. The summed E-state index contributed by atoms with van der Waals surface area (Å²) in [5.41, 5.74) is 2.15. The van der Waals surface area contributed by atoms with Gasteiger partial charge >= 0.3 is 0 Å². The smallest absolute Gasteiger partial charge is 0.260 e. The van der Waals surface area contributed by atoms with E-state index in [9.17, 15) is 10.1 Å². The molecule has 2 aromatic rings. The largest absolute Gasteiger partial charge is 0.457 e. The SMILES string of the molecule is N#Cc1c(NC(=O)c2ccoc2Br)sc2c1CCC2. The molecular formula is C13H9BrN2O2S. The molecule has 0 aliphatic heterocycles. The van der Waals surface area contributed by atoms with Crippen LogP contribution >= 0.6 is 27.3 Å². The van der Waals surface area contributed by atoms with Gasteiger partial charge in [-0.15, -0.1) is 11.3 Å². The van der Waals surface area contributed by atoms with E-state index in [-0.39, 0.29) is 5.91 Å². The van der Waals surface area contributed by atoms with Crippen LogP contribution in [0.1, 0.15) is 32.8 Å². The molecule has 1 N–H and O–H groups in total. The second kappa shape index (κ2) is 4.83. The molecule has 0 saturated carbocycles. The highest BCUT2D eigenvalue weighted by Crippen LogP contribution is 2.38. The third kappa shape index (κ3) is 2.09. The van der Waals surface area contributed by atoms with E-state index in [1.54, 1.807) is 6.07 Å². The summed E-state index contributed by atoms with van der Waals surface area (Å²) in [4.78, 5) is 13.3. The average Bonchev–Trinajstić information content (AvgIpc) is 3.04. The van der Waals surface area contributed by atoms with E-state index >= 15 is 0 Å². The molecule has 0 radical (unpaired) electrons. The fraction of sp³-hybridized carbons (Fsp3) is 0.231. The molecule has 1 amide bonds. The van der Waals surface area contributed by atoms with Crippen molar-refractivity contribution >= 4 is 38.2 Å². The van der Waals surface area contributed by atoms with Crippen molar-refractivity contribution < 1.29 is 9.21 Å². The number of carbonyl (C=O) groups is 1. The normalized spacial score (nSPS) is 13.1. The lowest BCUT2D eigenvalue weighted by Gasteiger charge is -2.02. The number of fused-ring (bicyclic) bond motifs is 1. The van der Waals surface area contributed by atoms with Crippen LogP contribution in [0, 0.1) is 11.3 Å². The number of carbonyl (C=O) groups excluding carboxylic acids is 1. The number of furan rings is 1. The van der Waals surface area contributed by atoms with E-state index in [4.69, 9.17) is 4.42 Å². The number of nitrogens with one attached hydrogen (secondary N) is 1. The summed E-state index contributed by atoms with van der Waals surface area (Å²) in [6.07, 6.45) is 4.47. The first-order valence-corrected chi connectivity index (χ1v) is 7.40. The van der Waals surface area contributed by atoms with Crippen LogP contribution < -0.4 is 5.32 Å². The van der Waals surface area contributed by atoms with Crippen molar-refractivity contribution in [3.63, 3.8) is 0 Å². The Bertz CT molecular complexity index is 696. The van der Waals surface area contributed by atoms with E-state index in [2.05, 4.69) is 27.3 Å². The number of nitriles is 1. The number of nitrogens with zero attached hydrogens (tertiary/aromatic N) is 1. The topological polar surface area (TPSA) is 66.0 Å². The summed E-state index contributed by atoms with van der Waals surface area (Å²) in [6.45, 7) is 0. The molecule has 0 spiro atoms. The molecule has 0 saturated heterocycles. The zero-order valence-electron chi connectivity index (χ0n) is 9.83. The Morgan fingerprint density at radius 1 is 1.53 bits per heavy atom. The minimum Gasteiger partial charge on any atom is -0.457 e. The van der Waals surface area contributed by atoms with Gasteiger partial charge in [0.25, 0.3) is 5.91 Å². The zero-order valence-corrected chi connectivity index (χ0v) is 12.2. The van der Waals surface area contributed by atoms with E-state index < -0.39 is 0 Å². The van der Waals surface area contributed by atoms with Crippen LogP contribution in [-0.2, 0) is 12.8 Å². The van der Waals surface area contributed by atoms with Gasteiger partial charge in [0.05, 0.1) is 17.4 Å². The molecule has 0 aromatic carbocycles. The van der Waals surface area contributed by atoms with Gasteiger partial charge in [-0.2, -0.15) is 5.26 Å². The van der Waals surface area contributed by atoms with E-state index in [1.807, 2.05) is 0 Å². The summed E-state index contributed by atoms with van der Waals surface area (Å²) in [6, 6.07) is 3.79. The van der Waals surface area contributed by atoms with Crippen LogP contribution in [0.3, 0.4) is 0 Å². The number of hydrogen-bond donors (Lipinski definition) is 1. The molecule has 0 bridgehead atoms. The lowest BCUT2D eigenvalue weighted by molar-refractivity contribution is 0.102. The lowest BCUT2D eigenvalue weighted by Crippen LogP contribution is -2.11. The second-order valence-corrected chi connectivity index (χ2v) is 6.06. The summed E-state index contributed by atoms with van der Waals surface area (Å²) >= 11 is 4.68. The molecule has 0 unspecified atom stereocenters. The molecule has 6 heteroatoms. The molecule has 2 heterocycles. The Hall–Kier alpha value is -1.58. The second-order valence-electron chi connectivity index (χ2n) is 4.24. The van der Waals surface area contributed by atoms with Gasteiger partial charge in [0, 0.05) is 4.88 Å². The minimum atomic E-state index is -0.267. The molecule has 0 fully saturated rings. The summed E-state index contributed by atoms with van der Waals surface area (Å²) in [7, 11) is 0. The van der Waals surface area contributed by atoms with Gasteiger partial charge in [-0.25, -0.2) is 0 Å². The van der Waals surface area contributed by atoms with Gasteiger partial charge in [0.1, 0.15) is 11.1 Å². The Balaban J connectivity index is 1.91. The Morgan fingerprint density at radius 2 is 2.37 bits per heavy atom. The highest BCUT2D eigenvalue weighted by Gasteiger charge is 2.24. The van der Waals surface area contributed by atoms with Crippen molar-refractivity contribution in [1.82, 2.24) is 0 Å². The number of aryl methyl sites for hydroxylation is 1. The first-order chi connectivity index (χ1) is 9.20. The van der Waals surface area contributed by atoms with Crippen molar-refractivity contribution in [2.24, 2.45) is 0 Å². The minimum absolute atomic E-state index is 0.267. The third-order valence-electron chi connectivity index (χ3n) is 3.12. The van der Waals surface area contributed by atoms with Gasteiger partial charge in [0.15, 0.2) is 4.67 Å². The molecule has 4 nitrogen and oxygen atoms in total. The maximum absolute atomic E-state index is 12.1. The molecule has 1 aliphatic carbocycles. The predicted molar refractivity (Wildman–Crippen MR) is 75.4 cm³/mol. The highest BCUT2D eigenvalue weighted by atomic mass is 79.9. The Labute approximate surface area is 122 Å².